The lowest BCUT2D eigenvalue weighted by molar-refractivity contribution is 0.312. The number of anilines is 2. The molecule has 0 unspecified atom stereocenters. The summed E-state index contributed by atoms with van der Waals surface area (Å²) in [6.45, 7) is 3.98. The van der Waals surface area contributed by atoms with Crippen LogP contribution in [0.5, 0.6) is 5.75 Å². The standard InChI is InChI=1S/C23H24N6O/c1-14-19(12-25-28-14)16-4-5-17-11-24-23(26-20(17)8-16)27-21-9-18-13-29(2)7-6-15(18)10-22(21)30-3/h4-5,8-12H,6-7,13H2,1-3H3,(H,25,28)(H,24,26,27). The molecule has 1 aliphatic rings. The number of aromatic amines is 1. The summed E-state index contributed by atoms with van der Waals surface area (Å²) >= 11 is 0. The second-order valence-corrected chi connectivity index (χ2v) is 7.79. The first-order valence-corrected chi connectivity index (χ1v) is 10.0. The van der Waals surface area contributed by atoms with Gasteiger partial charge in [-0.25, -0.2) is 9.97 Å². The van der Waals surface area contributed by atoms with Gasteiger partial charge in [0.05, 0.1) is 24.0 Å². The molecule has 5 rings (SSSR count). The van der Waals surface area contributed by atoms with E-state index in [1.807, 2.05) is 25.4 Å². The molecule has 0 atom stereocenters. The Balaban J connectivity index is 1.51. The summed E-state index contributed by atoms with van der Waals surface area (Å²) in [6.07, 6.45) is 4.78. The van der Waals surface area contributed by atoms with Crippen molar-refractivity contribution in [3.63, 3.8) is 0 Å². The van der Waals surface area contributed by atoms with Gasteiger partial charge in [0, 0.05) is 36.4 Å². The number of nitrogens with zero attached hydrogens (tertiary/aromatic N) is 4. The smallest absolute Gasteiger partial charge is 0.227 e. The Labute approximate surface area is 175 Å². The number of H-pyrrole nitrogens is 1. The molecular formula is C23H24N6O. The summed E-state index contributed by atoms with van der Waals surface area (Å²) < 4.78 is 5.64. The Morgan fingerprint density at radius 1 is 1.17 bits per heavy atom. The lowest BCUT2D eigenvalue weighted by Gasteiger charge is -2.26. The van der Waals surface area contributed by atoms with Crippen LogP contribution in [0.15, 0.2) is 42.7 Å². The lowest BCUT2D eigenvalue weighted by atomic mass is 9.99. The maximum Gasteiger partial charge on any atom is 0.227 e. The van der Waals surface area contributed by atoms with Crippen LogP contribution in [0.25, 0.3) is 22.0 Å². The Morgan fingerprint density at radius 2 is 2.07 bits per heavy atom. The summed E-state index contributed by atoms with van der Waals surface area (Å²) in [5.41, 5.74) is 7.53. The van der Waals surface area contributed by atoms with Gasteiger partial charge in [0.25, 0.3) is 0 Å². The third-order valence-corrected chi connectivity index (χ3v) is 5.70. The van der Waals surface area contributed by atoms with E-state index >= 15 is 0 Å². The molecule has 3 heterocycles. The van der Waals surface area contributed by atoms with Crippen LogP contribution in [0.3, 0.4) is 0 Å². The van der Waals surface area contributed by atoms with Gasteiger partial charge >= 0.3 is 0 Å². The number of likely N-dealkylation sites (N-methyl/N-ethyl adjacent to an activating group) is 1. The van der Waals surface area contributed by atoms with Crippen LogP contribution in [-0.4, -0.2) is 45.8 Å². The molecule has 0 bridgehead atoms. The minimum absolute atomic E-state index is 0.547. The molecule has 1 aliphatic heterocycles. The van der Waals surface area contributed by atoms with Crippen LogP contribution in [0.4, 0.5) is 11.6 Å². The molecule has 0 saturated carbocycles. The van der Waals surface area contributed by atoms with Gasteiger partial charge in [-0.15, -0.1) is 0 Å². The van der Waals surface area contributed by atoms with E-state index in [-0.39, 0.29) is 0 Å². The maximum absolute atomic E-state index is 5.64. The van der Waals surface area contributed by atoms with Gasteiger partial charge in [-0.3, -0.25) is 5.10 Å². The predicted molar refractivity (Wildman–Crippen MR) is 118 cm³/mol. The number of aryl methyl sites for hydroxylation is 1. The fourth-order valence-corrected chi connectivity index (χ4v) is 4.02. The highest BCUT2D eigenvalue weighted by Crippen LogP contribution is 2.33. The number of hydrogen-bond acceptors (Lipinski definition) is 6. The fraction of sp³-hybridized carbons (Fsp3) is 0.261. The van der Waals surface area contributed by atoms with Crippen molar-refractivity contribution in [2.45, 2.75) is 19.9 Å². The number of methoxy groups -OCH3 is 1. The minimum atomic E-state index is 0.547. The van der Waals surface area contributed by atoms with E-state index < -0.39 is 0 Å². The van der Waals surface area contributed by atoms with Crippen molar-refractivity contribution < 1.29 is 4.74 Å². The van der Waals surface area contributed by atoms with Crippen LogP contribution in [0.2, 0.25) is 0 Å². The summed E-state index contributed by atoms with van der Waals surface area (Å²) in [5, 5.41) is 11.5. The van der Waals surface area contributed by atoms with E-state index in [1.165, 1.54) is 11.1 Å². The largest absolute Gasteiger partial charge is 0.495 e. The monoisotopic (exact) mass is 400 g/mol. The van der Waals surface area contributed by atoms with Crippen LogP contribution >= 0.6 is 0 Å². The van der Waals surface area contributed by atoms with Crippen LogP contribution < -0.4 is 10.1 Å². The van der Waals surface area contributed by atoms with Gasteiger partial charge in [-0.05, 0) is 55.3 Å². The van der Waals surface area contributed by atoms with E-state index in [0.717, 1.165) is 58.7 Å². The number of nitrogens with one attached hydrogen (secondary N) is 2. The maximum atomic E-state index is 5.64. The van der Waals surface area contributed by atoms with E-state index in [0.29, 0.717) is 5.95 Å². The highest BCUT2D eigenvalue weighted by Gasteiger charge is 2.17. The Hall–Kier alpha value is -3.45. The van der Waals surface area contributed by atoms with Gasteiger partial charge in [-0.1, -0.05) is 12.1 Å². The normalized spacial score (nSPS) is 14.0. The average Bonchev–Trinajstić information content (AvgIpc) is 3.18. The van der Waals surface area contributed by atoms with Gasteiger partial charge < -0.3 is 15.0 Å². The number of rotatable bonds is 4. The molecular weight excluding hydrogens is 376 g/mol. The average molecular weight is 400 g/mol. The fourth-order valence-electron chi connectivity index (χ4n) is 4.02. The molecule has 2 N–H and O–H groups in total. The molecule has 2 aromatic heterocycles. The lowest BCUT2D eigenvalue weighted by Crippen LogP contribution is -2.26. The Bertz CT molecular complexity index is 1230. The first kappa shape index (κ1) is 18.6. The second-order valence-electron chi connectivity index (χ2n) is 7.79. The molecule has 7 nitrogen and oxygen atoms in total. The molecule has 0 saturated heterocycles. The number of ether oxygens (including phenoxy) is 1. The minimum Gasteiger partial charge on any atom is -0.495 e. The summed E-state index contributed by atoms with van der Waals surface area (Å²) in [7, 11) is 3.84. The molecule has 0 amide bonds. The van der Waals surface area contributed by atoms with Crippen molar-refractivity contribution in [1.29, 1.82) is 0 Å². The zero-order valence-corrected chi connectivity index (χ0v) is 17.4. The number of aromatic nitrogens is 4. The molecule has 7 heteroatoms. The van der Waals surface area contributed by atoms with Crippen LogP contribution in [0, 0.1) is 6.92 Å². The summed E-state index contributed by atoms with van der Waals surface area (Å²) in [5.74, 6) is 1.36. The number of fused-ring (bicyclic) bond motifs is 2. The van der Waals surface area contributed by atoms with Gasteiger partial charge in [-0.2, -0.15) is 5.10 Å². The highest BCUT2D eigenvalue weighted by atomic mass is 16.5. The van der Waals surface area contributed by atoms with Crippen molar-refractivity contribution in [1.82, 2.24) is 25.1 Å². The zero-order chi connectivity index (χ0) is 20.7. The van der Waals surface area contributed by atoms with Crippen molar-refractivity contribution in [2.75, 3.05) is 26.0 Å². The molecule has 0 spiro atoms. The van der Waals surface area contributed by atoms with Gasteiger partial charge in [0.2, 0.25) is 5.95 Å². The molecule has 4 aromatic rings. The topological polar surface area (TPSA) is 79.0 Å². The van der Waals surface area contributed by atoms with Crippen molar-refractivity contribution in [3.05, 3.63) is 59.5 Å². The van der Waals surface area contributed by atoms with Crippen molar-refractivity contribution >= 4 is 22.5 Å². The summed E-state index contributed by atoms with van der Waals surface area (Å²) in [6, 6.07) is 10.5. The van der Waals surface area contributed by atoms with Crippen molar-refractivity contribution in [3.8, 4) is 16.9 Å². The quantitative estimate of drug-likeness (QED) is 0.538. The number of hydrogen-bond donors (Lipinski definition) is 2. The van der Waals surface area contributed by atoms with Crippen LogP contribution in [-0.2, 0) is 13.0 Å². The first-order valence-electron chi connectivity index (χ1n) is 10.0. The molecule has 2 aromatic carbocycles. The third-order valence-electron chi connectivity index (χ3n) is 5.70. The van der Waals surface area contributed by atoms with E-state index in [1.54, 1.807) is 7.11 Å². The van der Waals surface area contributed by atoms with Gasteiger partial charge in [0.1, 0.15) is 5.75 Å². The SMILES string of the molecule is COc1cc2c(cc1Nc1ncc3ccc(-c4c[nH]nc4C)cc3n1)CN(C)CC2. The molecule has 30 heavy (non-hydrogen) atoms. The molecule has 0 aliphatic carbocycles. The Morgan fingerprint density at radius 3 is 2.87 bits per heavy atom. The van der Waals surface area contributed by atoms with E-state index in [4.69, 9.17) is 9.72 Å². The van der Waals surface area contributed by atoms with E-state index in [9.17, 15) is 0 Å². The molecule has 152 valence electrons. The van der Waals surface area contributed by atoms with Crippen molar-refractivity contribution in [2.24, 2.45) is 0 Å². The Kier molecular flexibility index (Phi) is 4.59. The highest BCUT2D eigenvalue weighted by molar-refractivity contribution is 5.85. The zero-order valence-electron chi connectivity index (χ0n) is 17.4. The van der Waals surface area contributed by atoms with Gasteiger partial charge in [0.15, 0.2) is 0 Å². The number of benzene rings is 2. The third kappa shape index (κ3) is 3.37. The molecule has 0 radical (unpaired) electrons. The molecule has 0 fully saturated rings. The summed E-state index contributed by atoms with van der Waals surface area (Å²) in [4.78, 5) is 11.6. The van der Waals surface area contributed by atoms with E-state index in [2.05, 4.69) is 56.7 Å². The van der Waals surface area contributed by atoms with Crippen LogP contribution in [0.1, 0.15) is 16.8 Å². The predicted octanol–water partition coefficient (Wildman–Crippen LogP) is 4.07. The second kappa shape index (κ2) is 7.42. The first-order chi connectivity index (χ1) is 14.6.